The zero-order valence-corrected chi connectivity index (χ0v) is 23.6. The van der Waals surface area contributed by atoms with Crippen molar-refractivity contribution >= 4 is 32.3 Å². The van der Waals surface area contributed by atoms with E-state index in [4.69, 9.17) is 0 Å². The zero-order valence-electron chi connectivity index (χ0n) is 22.7. The maximum Gasteiger partial charge on any atom is 0.264 e. The number of pyridine rings is 1. The molecule has 5 rings (SSSR count). The van der Waals surface area contributed by atoms with Crippen LogP contribution in [0, 0.1) is 18.6 Å². The summed E-state index contributed by atoms with van der Waals surface area (Å²) < 4.78 is 56.7. The number of nitrogens with zero attached hydrogens (tertiary/aromatic N) is 3. The lowest BCUT2D eigenvalue weighted by Crippen LogP contribution is -2.51. The third kappa shape index (κ3) is 5.44. The van der Waals surface area contributed by atoms with Crippen molar-refractivity contribution in [1.82, 2.24) is 14.8 Å². The molecule has 2 atom stereocenters. The number of sulfonamides is 1. The summed E-state index contributed by atoms with van der Waals surface area (Å²) in [5.74, 6) is -1.61. The molecule has 0 aliphatic carbocycles. The minimum absolute atomic E-state index is 0.0593. The minimum Gasteiger partial charge on any atom is -0.366 e. The Labute approximate surface area is 234 Å². The van der Waals surface area contributed by atoms with Crippen molar-refractivity contribution in [3.63, 3.8) is 0 Å². The van der Waals surface area contributed by atoms with Crippen LogP contribution in [0.3, 0.4) is 0 Å². The van der Waals surface area contributed by atoms with Gasteiger partial charge in [0.05, 0.1) is 5.52 Å². The van der Waals surface area contributed by atoms with Gasteiger partial charge in [-0.2, -0.15) is 0 Å². The van der Waals surface area contributed by atoms with Gasteiger partial charge in [-0.3, -0.25) is 14.6 Å². The normalized spacial score (nSPS) is 17.1. The number of anilines is 1. The number of hydrogen-bond acceptors (Lipinski definition) is 5. The van der Waals surface area contributed by atoms with Gasteiger partial charge in [-0.05, 0) is 67.8 Å². The standard InChI is InChI=1S/C31H32F2N4O2S/c1-20-17-26(18-28(32)30(20)33)22(3)36-15-16-37(21(2)19-36)23(4)24-10-12-27(13-11-24)35-40(38,39)29-9-5-7-25-8-6-14-34-31(25)29/h5-14,17-18,21-22,35H,4,15-16,19H2,1-3H3/t21-,22?/m1/s1. The Morgan fingerprint density at radius 1 is 1.07 bits per heavy atom. The predicted molar refractivity (Wildman–Crippen MR) is 155 cm³/mol. The first-order valence-corrected chi connectivity index (χ1v) is 14.7. The third-order valence-corrected chi connectivity index (χ3v) is 9.04. The highest BCUT2D eigenvalue weighted by molar-refractivity contribution is 7.93. The molecule has 2 heterocycles. The van der Waals surface area contributed by atoms with E-state index in [1.165, 1.54) is 6.07 Å². The van der Waals surface area contributed by atoms with E-state index < -0.39 is 21.7 Å². The van der Waals surface area contributed by atoms with Crippen LogP contribution in [0.1, 0.15) is 36.6 Å². The molecular formula is C31H32F2N4O2S. The molecule has 1 aliphatic rings. The quantitative estimate of drug-likeness (QED) is 0.284. The van der Waals surface area contributed by atoms with Gasteiger partial charge in [-0.15, -0.1) is 0 Å². The van der Waals surface area contributed by atoms with E-state index in [2.05, 4.69) is 33.0 Å². The number of aromatic nitrogens is 1. The van der Waals surface area contributed by atoms with Gasteiger partial charge in [0.2, 0.25) is 0 Å². The number of halogens is 2. The Kier molecular flexibility index (Phi) is 7.61. The summed E-state index contributed by atoms with van der Waals surface area (Å²) in [6, 6.07) is 18.9. The van der Waals surface area contributed by atoms with Crippen LogP contribution in [-0.2, 0) is 10.0 Å². The molecule has 1 aliphatic heterocycles. The van der Waals surface area contributed by atoms with E-state index in [-0.39, 0.29) is 17.0 Å². The molecule has 0 bridgehead atoms. The molecule has 9 heteroatoms. The highest BCUT2D eigenvalue weighted by atomic mass is 32.2. The maximum atomic E-state index is 14.0. The van der Waals surface area contributed by atoms with Gasteiger partial charge in [0.15, 0.2) is 11.6 Å². The zero-order chi connectivity index (χ0) is 28.6. The van der Waals surface area contributed by atoms with E-state index >= 15 is 0 Å². The minimum atomic E-state index is -3.84. The lowest BCUT2D eigenvalue weighted by molar-refractivity contribution is 0.0966. The van der Waals surface area contributed by atoms with Crippen LogP contribution < -0.4 is 4.72 Å². The number of aryl methyl sites for hydroxylation is 1. The summed E-state index contributed by atoms with van der Waals surface area (Å²) in [5.41, 5.74) is 3.66. The highest BCUT2D eigenvalue weighted by Gasteiger charge is 2.29. The second kappa shape index (κ2) is 11.0. The molecule has 1 unspecified atom stereocenters. The van der Waals surface area contributed by atoms with Crippen LogP contribution in [-0.4, -0.2) is 48.9 Å². The predicted octanol–water partition coefficient (Wildman–Crippen LogP) is 6.36. The summed E-state index contributed by atoms with van der Waals surface area (Å²) >= 11 is 0. The first kappa shape index (κ1) is 27.7. The molecule has 4 aromatic rings. The molecule has 0 spiro atoms. The summed E-state index contributed by atoms with van der Waals surface area (Å²) in [7, 11) is -3.84. The summed E-state index contributed by atoms with van der Waals surface area (Å²) in [6.45, 7) is 12.2. The third-order valence-electron chi connectivity index (χ3n) is 7.62. The van der Waals surface area contributed by atoms with Gasteiger partial charge in [0.25, 0.3) is 10.0 Å². The fourth-order valence-corrected chi connectivity index (χ4v) is 6.58. The molecule has 6 nitrogen and oxygen atoms in total. The van der Waals surface area contributed by atoms with Gasteiger partial charge in [-0.1, -0.05) is 43.0 Å². The monoisotopic (exact) mass is 562 g/mol. The average Bonchev–Trinajstić information content (AvgIpc) is 2.94. The van der Waals surface area contributed by atoms with E-state index in [0.29, 0.717) is 16.8 Å². The number of hydrogen-bond donors (Lipinski definition) is 1. The molecule has 0 radical (unpaired) electrons. The summed E-state index contributed by atoms with van der Waals surface area (Å²) in [6.07, 6.45) is 1.58. The molecule has 1 aromatic heterocycles. The van der Waals surface area contributed by atoms with Crippen molar-refractivity contribution < 1.29 is 17.2 Å². The number of rotatable bonds is 7. The van der Waals surface area contributed by atoms with E-state index in [9.17, 15) is 17.2 Å². The average molecular weight is 563 g/mol. The molecule has 208 valence electrons. The first-order chi connectivity index (χ1) is 19.0. The van der Waals surface area contributed by atoms with Crippen molar-refractivity contribution in [2.24, 2.45) is 0 Å². The largest absolute Gasteiger partial charge is 0.366 e. The molecule has 1 saturated heterocycles. The van der Waals surface area contributed by atoms with Crippen molar-refractivity contribution in [2.75, 3.05) is 24.4 Å². The second-order valence-electron chi connectivity index (χ2n) is 10.3. The van der Waals surface area contributed by atoms with E-state index in [0.717, 1.165) is 41.8 Å². The van der Waals surface area contributed by atoms with Crippen LogP contribution in [0.4, 0.5) is 14.5 Å². The SMILES string of the molecule is C=C(c1ccc(NS(=O)(=O)c2cccc3cccnc23)cc1)N1CCN(C(C)c2cc(C)c(F)c(F)c2)C[C@H]1C. The Bertz CT molecular complexity index is 1650. The van der Waals surface area contributed by atoms with Crippen molar-refractivity contribution in [2.45, 2.75) is 37.8 Å². The first-order valence-electron chi connectivity index (χ1n) is 13.2. The number of para-hydroxylation sites is 1. The van der Waals surface area contributed by atoms with Crippen LogP contribution >= 0.6 is 0 Å². The highest BCUT2D eigenvalue weighted by Crippen LogP contribution is 2.30. The van der Waals surface area contributed by atoms with E-state index in [1.807, 2.05) is 31.2 Å². The lowest BCUT2D eigenvalue weighted by atomic mass is 10.0. The van der Waals surface area contributed by atoms with Crippen LogP contribution in [0.15, 0.2) is 84.4 Å². The molecule has 40 heavy (non-hydrogen) atoms. The molecular weight excluding hydrogens is 530 g/mol. The molecule has 3 aromatic carbocycles. The van der Waals surface area contributed by atoms with Crippen molar-refractivity contribution in [3.8, 4) is 0 Å². The fraction of sp³-hybridized carbons (Fsp3) is 0.258. The van der Waals surface area contributed by atoms with Crippen LogP contribution in [0.25, 0.3) is 16.6 Å². The van der Waals surface area contributed by atoms with Crippen molar-refractivity contribution in [1.29, 1.82) is 0 Å². The Morgan fingerprint density at radius 3 is 2.50 bits per heavy atom. The van der Waals surface area contributed by atoms with Crippen molar-refractivity contribution in [3.05, 3.63) is 108 Å². The van der Waals surface area contributed by atoms with Gasteiger partial charge >= 0.3 is 0 Å². The van der Waals surface area contributed by atoms with Crippen LogP contribution in [0.2, 0.25) is 0 Å². The second-order valence-corrected chi connectivity index (χ2v) is 12.0. The Balaban J connectivity index is 1.25. The number of nitrogens with one attached hydrogen (secondary N) is 1. The number of fused-ring (bicyclic) bond motifs is 1. The summed E-state index contributed by atoms with van der Waals surface area (Å²) in [5, 5.41) is 0.751. The topological polar surface area (TPSA) is 65.5 Å². The lowest BCUT2D eigenvalue weighted by Gasteiger charge is -2.44. The Hall–Kier alpha value is -3.82. The smallest absolute Gasteiger partial charge is 0.264 e. The molecule has 1 N–H and O–H groups in total. The maximum absolute atomic E-state index is 14.0. The van der Waals surface area contributed by atoms with Gasteiger partial charge in [0.1, 0.15) is 4.90 Å². The van der Waals surface area contributed by atoms with Gasteiger partial charge in [-0.25, -0.2) is 17.2 Å². The van der Waals surface area contributed by atoms with Gasteiger partial charge < -0.3 is 4.90 Å². The Morgan fingerprint density at radius 2 is 1.80 bits per heavy atom. The van der Waals surface area contributed by atoms with E-state index in [1.54, 1.807) is 49.5 Å². The summed E-state index contributed by atoms with van der Waals surface area (Å²) in [4.78, 5) is 8.87. The molecule has 0 saturated carbocycles. The number of piperazine rings is 1. The number of benzene rings is 3. The fourth-order valence-electron chi connectivity index (χ4n) is 5.34. The molecule has 1 fully saturated rings. The molecule has 0 amide bonds. The van der Waals surface area contributed by atoms with Crippen LogP contribution in [0.5, 0.6) is 0 Å². The van der Waals surface area contributed by atoms with Gasteiger partial charge in [0, 0.05) is 54.7 Å².